The van der Waals surface area contributed by atoms with Crippen LogP contribution in [0.5, 0.6) is 6.01 Å². The molecule has 2 heterocycles. The summed E-state index contributed by atoms with van der Waals surface area (Å²) in [6.07, 6.45) is 6.75. The van der Waals surface area contributed by atoms with Gasteiger partial charge in [0.05, 0.1) is 23.8 Å². The maximum absolute atomic E-state index is 5.15. The minimum absolute atomic E-state index is 0.381. The molecule has 3 aromatic rings. The van der Waals surface area contributed by atoms with Crippen molar-refractivity contribution in [2.75, 3.05) is 20.7 Å². The van der Waals surface area contributed by atoms with Gasteiger partial charge in [-0.1, -0.05) is 12.5 Å². The van der Waals surface area contributed by atoms with E-state index in [0.717, 1.165) is 48.2 Å². The lowest BCUT2D eigenvalue weighted by atomic mass is 9.92. The van der Waals surface area contributed by atoms with Gasteiger partial charge in [-0.25, -0.2) is 9.97 Å². The van der Waals surface area contributed by atoms with Gasteiger partial charge in [-0.15, -0.1) is 0 Å². The maximum Gasteiger partial charge on any atom is 0.316 e. The number of benzene rings is 1. The number of aromatic nitrogens is 4. The summed E-state index contributed by atoms with van der Waals surface area (Å²) in [7, 11) is 3.82. The zero-order chi connectivity index (χ0) is 18.8. The molecule has 1 saturated carbocycles. The van der Waals surface area contributed by atoms with E-state index in [4.69, 9.17) is 9.72 Å². The van der Waals surface area contributed by atoms with Crippen LogP contribution in [0.2, 0.25) is 0 Å². The Labute approximate surface area is 160 Å². The number of nitrogens with zero attached hydrogens (tertiary/aromatic N) is 5. The molecule has 2 aromatic heterocycles. The van der Waals surface area contributed by atoms with Crippen LogP contribution < -0.4 is 4.74 Å². The minimum Gasteiger partial charge on any atom is -0.467 e. The first-order valence-electron chi connectivity index (χ1n) is 9.76. The molecule has 0 N–H and O–H groups in total. The highest BCUT2D eigenvalue weighted by Crippen LogP contribution is 2.26. The molecule has 1 aliphatic carbocycles. The average Bonchev–Trinajstić information content (AvgIpc) is 3.01. The molecule has 27 heavy (non-hydrogen) atoms. The predicted octanol–water partition coefficient (Wildman–Crippen LogP) is 3.55. The van der Waals surface area contributed by atoms with E-state index in [0.29, 0.717) is 6.01 Å². The van der Waals surface area contributed by atoms with E-state index in [1.807, 2.05) is 6.07 Å². The third-order valence-electron chi connectivity index (χ3n) is 5.64. The molecule has 0 saturated heterocycles. The second kappa shape index (κ2) is 7.64. The molecule has 0 radical (unpaired) electrons. The van der Waals surface area contributed by atoms with Crippen LogP contribution >= 0.6 is 0 Å². The Morgan fingerprint density at radius 2 is 2.07 bits per heavy atom. The maximum atomic E-state index is 5.15. The lowest BCUT2D eigenvalue weighted by Crippen LogP contribution is -2.38. The van der Waals surface area contributed by atoms with Gasteiger partial charge in [0.2, 0.25) is 0 Å². The van der Waals surface area contributed by atoms with Crippen molar-refractivity contribution in [3.05, 3.63) is 36.3 Å². The third kappa shape index (κ3) is 3.54. The van der Waals surface area contributed by atoms with Gasteiger partial charge in [0.15, 0.2) is 0 Å². The van der Waals surface area contributed by atoms with Gasteiger partial charge < -0.3 is 14.2 Å². The molecule has 1 aliphatic rings. The third-order valence-corrected chi connectivity index (χ3v) is 5.64. The average molecular weight is 365 g/mol. The number of ether oxygens (including phenoxy) is 1. The molecule has 0 unspecified atom stereocenters. The van der Waals surface area contributed by atoms with E-state index in [1.54, 1.807) is 13.3 Å². The minimum atomic E-state index is 0.381. The summed E-state index contributed by atoms with van der Waals surface area (Å²) in [6.45, 7) is 4.17. The Hall–Kier alpha value is -2.47. The lowest BCUT2D eigenvalue weighted by molar-refractivity contribution is 0.160. The van der Waals surface area contributed by atoms with E-state index < -0.39 is 0 Å². The topological polar surface area (TPSA) is 56.1 Å². The Kier molecular flexibility index (Phi) is 5.07. The van der Waals surface area contributed by atoms with E-state index >= 15 is 0 Å². The molecule has 6 nitrogen and oxygen atoms in total. The molecule has 0 amide bonds. The molecular weight excluding hydrogens is 338 g/mol. The fourth-order valence-electron chi connectivity index (χ4n) is 3.77. The van der Waals surface area contributed by atoms with Crippen LogP contribution in [0.3, 0.4) is 0 Å². The van der Waals surface area contributed by atoms with Gasteiger partial charge >= 0.3 is 6.01 Å². The van der Waals surface area contributed by atoms with Gasteiger partial charge in [0.1, 0.15) is 5.82 Å². The first kappa shape index (κ1) is 17.9. The van der Waals surface area contributed by atoms with Crippen molar-refractivity contribution in [3.8, 4) is 17.3 Å². The van der Waals surface area contributed by atoms with Crippen LogP contribution in [0.25, 0.3) is 22.3 Å². The zero-order valence-corrected chi connectivity index (χ0v) is 16.4. The first-order chi connectivity index (χ1) is 13.2. The number of aryl methyl sites for hydroxylation is 1. The summed E-state index contributed by atoms with van der Waals surface area (Å²) in [5, 5.41) is 0. The Morgan fingerprint density at radius 3 is 2.78 bits per heavy atom. The van der Waals surface area contributed by atoms with Crippen LogP contribution in [0.15, 0.2) is 30.5 Å². The van der Waals surface area contributed by atoms with Gasteiger partial charge in [0, 0.05) is 37.3 Å². The summed E-state index contributed by atoms with van der Waals surface area (Å²) in [5.41, 5.74) is 4.08. The monoisotopic (exact) mass is 365 g/mol. The van der Waals surface area contributed by atoms with E-state index in [1.165, 1.54) is 24.8 Å². The Balaban J connectivity index is 1.61. The summed E-state index contributed by atoms with van der Waals surface area (Å²) in [4.78, 5) is 16.0. The van der Waals surface area contributed by atoms with Crippen molar-refractivity contribution in [1.29, 1.82) is 0 Å². The van der Waals surface area contributed by atoms with Gasteiger partial charge in [0.25, 0.3) is 0 Å². The van der Waals surface area contributed by atoms with Crippen LogP contribution in [0, 0.1) is 0 Å². The van der Waals surface area contributed by atoms with Crippen LogP contribution in [-0.4, -0.2) is 51.2 Å². The Bertz CT molecular complexity index is 931. The van der Waals surface area contributed by atoms with Gasteiger partial charge in [-0.2, -0.15) is 4.98 Å². The normalized spacial score (nSPS) is 14.7. The molecule has 0 aliphatic heterocycles. The van der Waals surface area contributed by atoms with Gasteiger partial charge in [-0.05, 0) is 45.0 Å². The van der Waals surface area contributed by atoms with Crippen molar-refractivity contribution in [3.63, 3.8) is 0 Å². The number of likely N-dealkylation sites (N-methyl/N-ethyl adjacent to an activating group) is 1. The van der Waals surface area contributed by atoms with Crippen molar-refractivity contribution in [2.24, 2.45) is 0 Å². The summed E-state index contributed by atoms with van der Waals surface area (Å²) in [6, 6.07) is 9.41. The summed E-state index contributed by atoms with van der Waals surface area (Å²) >= 11 is 0. The smallest absolute Gasteiger partial charge is 0.316 e. The lowest BCUT2D eigenvalue weighted by Gasteiger charge is -2.34. The molecular formula is C21H27N5O. The standard InChI is InChI=1S/C21H27N5O/c1-4-26-19-9-8-15(17-10-12-22-21(24-17)27-3)14-18(19)23-20(26)11-13-25(2)16-6-5-7-16/h8-10,12,14,16H,4-7,11,13H2,1-3H3. The molecule has 0 bridgehead atoms. The predicted molar refractivity (Wildman–Crippen MR) is 107 cm³/mol. The van der Waals surface area contributed by atoms with Crippen molar-refractivity contribution < 1.29 is 4.74 Å². The molecule has 1 aromatic carbocycles. The van der Waals surface area contributed by atoms with Crippen molar-refractivity contribution in [1.82, 2.24) is 24.4 Å². The molecule has 4 rings (SSSR count). The highest BCUT2D eigenvalue weighted by molar-refractivity contribution is 5.82. The fraction of sp³-hybridized carbons (Fsp3) is 0.476. The molecule has 1 fully saturated rings. The highest BCUT2D eigenvalue weighted by Gasteiger charge is 2.22. The van der Waals surface area contributed by atoms with E-state index in [2.05, 4.69) is 51.6 Å². The number of fused-ring (bicyclic) bond motifs is 1. The quantitative estimate of drug-likeness (QED) is 0.641. The second-order valence-corrected chi connectivity index (χ2v) is 7.22. The highest BCUT2D eigenvalue weighted by atomic mass is 16.5. The molecule has 142 valence electrons. The fourth-order valence-corrected chi connectivity index (χ4v) is 3.77. The largest absolute Gasteiger partial charge is 0.467 e. The Morgan fingerprint density at radius 1 is 1.22 bits per heavy atom. The SMILES string of the molecule is CCn1c(CCN(C)C2CCC2)nc2cc(-c3ccnc(OC)n3)ccc21. The van der Waals surface area contributed by atoms with Crippen LogP contribution in [-0.2, 0) is 13.0 Å². The van der Waals surface area contributed by atoms with Crippen molar-refractivity contribution >= 4 is 11.0 Å². The van der Waals surface area contributed by atoms with E-state index in [9.17, 15) is 0 Å². The first-order valence-corrected chi connectivity index (χ1v) is 9.76. The number of hydrogen-bond donors (Lipinski definition) is 0. The van der Waals surface area contributed by atoms with E-state index in [-0.39, 0.29) is 0 Å². The molecule has 6 heteroatoms. The molecule has 0 spiro atoms. The van der Waals surface area contributed by atoms with Gasteiger partial charge in [-0.3, -0.25) is 0 Å². The zero-order valence-electron chi connectivity index (χ0n) is 16.4. The second-order valence-electron chi connectivity index (χ2n) is 7.22. The van der Waals surface area contributed by atoms with Crippen LogP contribution in [0.1, 0.15) is 32.0 Å². The van der Waals surface area contributed by atoms with Crippen LogP contribution in [0.4, 0.5) is 0 Å². The molecule has 0 atom stereocenters. The number of methoxy groups -OCH3 is 1. The number of hydrogen-bond acceptors (Lipinski definition) is 5. The number of imidazole rings is 1. The number of rotatable bonds is 7. The summed E-state index contributed by atoms with van der Waals surface area (Å²) in [5.74, 6) is 1.16. The van der Waals surface area contributed by atoms with Crippen molar-refractivity contribution in [2.45, 2.75) is 45.2 Å². The summed E-state index contributed by atoms with van der Waals surface area (Å²) < 4.78 is 7.47.